The van der Waals surface area contributed by atoms with Crippen molar-refractivity contribution in [3.63, 3.8) is 0 Å². The second kappa shape index (κ2) is 10.4. The van der Waals surface area contributed by atoms with Crippen LogP contribution >= 0.6 is 34.3 Å². The van der Waals surface area contributed by atoms with E-state index in [2.05, 4.69) is 5.32 Å². The second-order valence-electron chi connectivity index (χ2n) is 6.16. The quantitative estimate of drug-likeness (QED) is 0.550. The summed E-state index contributed by atoms with van der Waals surface area (Å²) in [6, 6.07) is 12.5. The van der Waals surface area contributed by atoms with Gasteiger partial charge in [0.1, 0.15) is 10.7 Å². The summed E-state index contributed by atoms with van der Waals surface area (Å²) in [4.78, 5) is 26.8. The minimum absolute atomic E-state index is 0.139. The van der Waals surface area contributed by atoms with Gasteiger partial charge in [-0.25, -0.2) is 0 Å². The molecule has 30 heavy (non-hydrogen) atoms. The van der Waals surface area contributed by atoms with Crippen LogP contribution in [-0.4, -0.2) is 24.2 Å². The molecule has 0 saturated carbocycles. The summed E-state index contributed by atoms with van der Waals surface area (Å²) in [7, 11) is 1.58. The lowest BCUT2D eigenvalue weighted by molar-refractivity contribution is -0.111. The topological polar surface area (TPSA) is 84.1 Å². The van der Waals surface area contributed by atoms with E-state index >= 15 is 0 Å². The predicted octanol–water partition coefficient (Wildman–Crippen LogP) is 2.80. The van der Waals surface area contributed by atoms with E-state index in [1.807, 2.05) is 23.6 Å². The van der Waals surface area contributed by atoms with Gasteiger partial charge in [0.05, 0.1) is 15.2 Å². The number of carbonyl (C=O) groups excluding carboxylic acids is 1. The Kier molecular flexibility index (Phi) is 7.60. The van der Waals surface area contributed by atoms with Gasteiger partial charge in [-0.15, -0.1) is 22.7 Å². The highest BCUT2D eigenvalue weighted by atomic mass is 35.5. The molecule has 0 unspecified atom stereocenters. The number of rotatable bonds is 7. The SMILES string of the molecule is COCCCn1c(=O)/c(=C\c2cccs2)s/c1=C(/C#N)C(=O)Nc1ccccc1Cl. The van der Waals surface area contributed by atoms with E-state index in [0.717, 1.165) is 16.2 Å². The zero-order chi connectivity index (χ0) is 21.5. The lowest BCUT2D eigenvalue weighted by Gasteiger charge is -2.07. The Morgan fingerprint density at radius 2 is 2.13 bits per heavy atom. The molecule has 2 aromatic heterocycles. The number of aromatic nitrogens is 1. The smallest absolute Gasteiger partial charge is 0.269 e. The number of nitrogens with one attached hydrogen (secondary N) is 1. The molecule has 0 bridgehead atoms. The van der Waals surface area contributed by atoms with E-state index in [1.54, 1.807) is 37.5 Å². The summed E-state index contributed by atoms with van der Waals surface area (Å²) in [5.41, 5.74) is 0.0187. The van der Waals surface area contributed by atoms with E-state index in [9.17, 15) is 14.9 Å². The number of hydrogen-bond donors (Lipinski definition) is 1. The highest BCUT2D eigenvalue weighted by Gasteiger charge is 2.17. The maximum Gasteiger partial charge on any atom is 0.269 e. The number of ether oxygens (including phenoxy) is 1. The molecule has 2 heterocycles. The molecule has 0 spiro atoms. The third kappa shape index (κ3) is 5.07. The van der Waals surface area contributed by atoms with Crippen molar-refractivity contribution in [1.29, 1.82) is 5.26 Å². The van der Waals surface area contributed by atoms with Gasteiger partial charge in [0.15, 0.2) is 5.57 Å². The van der Waals surface area contributed by atoms with Gasteiger partial charge in [0.25, 0.3) is 11.5 Å². The number of amides is 1. The summed E-state index contributed by atoms with van der Waals surface area (Å²) < 4.78 is 7.32. The van der Waals surface area contributed by atoms with E-state index in [-0.39, 0.29) is 11.1 Å². The van der Waals surface area contributed by atoms with Crippen molar-refractivity contribution in [2.45, 2.75) is 13.0 Å². The lowest BCUT2D eigenvalue weighted by Crippen LogP contribution is -2.34. The number of hydrogen-bond acceptors (Lipinski definition) is 6. The molecule has 0 atom stereocenters. The zero-order valence-electron chi connectivity index (χ0n) is 16.1. The van der Waals surface area contributed by atoms with E-state index in [4.69, 9.17) is 16.3 Å². The first-order valence-electron chi connectivity index (χ1n) is 8.99. The third-order valence-electron chi connectivity index (χ3n) is 4.13. The summed E-state index contributed by atoms with van der Waals surface area (Å²) in [5, 5.41) is 14.7. The number of methoxy groups -OCH3 is 1. The molecule has 0 saturated heterocycles. The van der Waals surface area contributed by atoms with Crippen molar-refractivity contribution in [2.75, 3.05) is 19.0 Å². The van der Waals surface area contributed by atoms with Crippen molar-refractivity contribution in [3.8, 4) is 6.07 Å². The first-order valence-corrected chi connectivity index (χ1v) is 11.1. The third-order valence-corrected chi connectivity index (χ3v) is 6.41. The first kappa shape index (κ1) is 22.0. The molecule has 0 aliphatic rings. The van der Waals surface area contributed by atoms with Gasteiger partial charge in [0.2, 0.25) is 0 Å². The number of para-hydroxylation sites is 1. The van der Waals surface area contributed by atoms with Gasteiger partial charge in [-0.3, -0.25) is 14.2 Å². The van der Waals surface area contributed by atoms with Gasteiger partial charge in [0, 0.05) is 25.1 Å². The van der Waals surface area contributed by atoms with Gasteiger partial charge in [-0.2, -0.15) is 5.26 Å². The number of anilines is 1. The van der Waals surface area contributed by atoms with Crippen LogP contribution in [0.15, 0.2) is 46.6 Å². The minimum Gasteiger partial charge on any atom is -0.385 e. The molecule has 1 aromatic carbocycles. The number of thiophene rings is 1. The molecule has 0 fully saturated rings. The monoisotopic (exact) mass is 459 g/mol. The molecule has 1 N–H and O–H groups in total. The second-order valence-corrected chi connectivity index (χ2v) is 8.57. The number of carbonyl (C=O) groups is 1. The van der Waals surface area contributed by atoms with Gasteiger partial charge in [-0.1, -0.05) is 29.8 Å². The van der Waals surface area contributed by atoms with Crippen molar-refractivity contribution in [1.82, 2.24) is 4.57 Å². The van der Waals surface area contributed by atoms with Crippen molar-refractivity contribution >= 4 is 57.5 Å². The number of nitriles is 1. The fourth-order valence-corrected chi connectivity index (χ4v) is 4.75. The van der Waals surface area contributed by atoms with Crippen molar-refractivity contribution in [3.05, 3.63) is 71.2 Å². The highest BCUT2D eigenvalue weighted by molar-refractivity contribution is 7.11. The van der Waals surface area contributed by atoms with Gasteiger partial charge in [-0.05, 0) is 36.1 Å². The van der Waals surface area contributed by atoms with Crippen LogP contribution in [0, 0.1) is 11.3 Å². The number of thiazole rings is 1. The molecule has 3 aromatic rings. The minimum atomic E-state index is -0.616. The molecule has 154 valence electrons. The van der Waals surface area contributed by atoms with Crippen molar-refractivity contribution in [2.24, 2.45) is 0 Å². The van der Waals surface area contributed by atoms with Gasteiger partial charge < -0.3 is 10.1 Å². The number of benzene rings is 1. The summed E-state index contributed by atoms with van der Waals surface area (Å²) >= 11 is 8.74. The predicted molar refractivity (Wildman–Crippen MR) is 121 cm³/mol. The Morgan fingerprint density at radius 3 is 2.80 bits per heavy atom. The van der Waals surface area contributed by atoms with Crippen LogP contribution in [-0.2, 0) is 16.1 Å². The maximum atomic E-state index is 13.0. The zero-order valence-corrected chi connectivity index (χ0v) is 18.4. The fourth-order valence-electron chi connectivity index (χ4n) is 2.72. The number of halogens is 1. The fraction of sp³-hybridized carbons (Fsp3) is 0.190. The van der Waals surface area contributed by atoms with Crippen LogP contribution in [0.3, 0.4) is 0 Å². The summed E-state index contributed by atoms with van der Waals surface area (Å²) in [6.07, 6.45) is 2.35. The maximum absolute atomic E-state index is 13.0. The molecule has 6 nitrogen and oxygen atoms in total. The Bertz CT molecular complexity index is 1250. The Hall–Kier alpha value is -2.70. The number of nitrogens with zero attached hydrogens (tertiary/aromatic N) is 2. The summed E-state index contributed by atoms with van der Waals surface area (Å²) in [5.74, 6) is -0.616. The Balaban J connectivity index is 2.13. The highest BCUT2D eigenvalue weighted by Crippen LogP contribution is 2.21. The average molecular weight is 460 g/mol. The lowest BCUT2D eigenvalue weighted by atomic mass is 10.2. The van der Waals surface area contributed by atoms with Crippen LogP contribution in [0.5, 0.6) is 0 Å². The van der Waals surface area contributed by atoms with Crippen LogP contribution in [0.1, 0.15) is 11.3 Å². The van der Waals surface area contributed by atoms with Crippen LogP contribution < -0.4 is 20.1 Å². The molecular weight excluding hydrogens is 442 g/mol. The first-order chi connectivity index (χ1) is 14.5. The Labute approximate surface area is 185 Å². The molecule has 0 radical (unpaired) electrons. The van der Waals surface area contributed by atoms with E-state index in [0.29, 0.717) is 39.5 Å². The van der Waals surface area contributed by atoms with Crippen LogP contribution in [0.25, 0.3) is 11.6 Å². The Morgan fingerprint density at radius 1 is 1.33 bits per heavy atom. The molecule has 1 amide bonds. The molecular formula is C21H18ClN3O3S2. The average Bonchev–Trinajstić information content (AvgIpc) is 3.34. The van der Waals surface area contributed by atoms with Gasteiger partial charge >= 0.3 is 0 Å². The van der Waals surface area contributed by atoms with E-state index < -0.39 is 5.91 Å². The molecule has 0 aliphatic heterocycles. The summed E-state index contributed by atoms with van der Waals surface area (Å²) in [6.45, 7) is 0.792. The normalized spacial score (nSPS) is 12.5. The largest absolute Gasteiger partial charge is 0.385 e. The molecule has 9 heteroatoms. The van der Waals surface area contributed by atoms with E-state index in [1.165, 1.54) is 15.9 Å². The van der Waals surface area contributed by atoms with Crippen molar-refractivity contribution < 1.29 is 9.53 Å². The van der Waals surface area contributed by atoms with Crippen LogP contribution in [0.4, 0.5) is 5.69 Å². The van der Waals surface area contributed by atoms with Crippen LogP contribution in [0.2, 0.25) is 5.02 Å². The molecule has 3 rings (SSSR count). The standard InChI is InChI=1S/C21H18ClN3O3S2/c1-28-10-5-9-25-20(27)18(12-14-6-4-11-29-14)30-21(25)15(13-23)19(26)24-17-8-3-2-7-16(17)22/h2-4,6-8,11-12H,5,9-10H2,1H3,(H,24,26)/b18-12+,21-15-. The molecule has 0 aliphatic carbocycles.